The smallest absolute Gasteiger partial charge is 0.256 e. The van der Waals surface area contributed by atoms with Crippen LogP contribution >= 0.6 is 12.4 Å². The molecule has 2 rings (SSSR count). The van der Waals surface area contributed by atoms with Crippen LogP contribution in [0.3, 0.4) is 0 Å². The van der Waals surface area contributed by atoms with E-state index in [9.17, 15) is 4.79 Å². The predicted molar refractivity (Wildman–Crippen MR) is 83.6 cm³/mol. The van der Waals surface area contributed by atoms with E-state index in [1.807, 2.05) is 6.92 Å². The molecule has 1 heterocycles. The van der Waals surface area contributed by atoms with E-state index in [-0.39, 0.29) is 31.0 Å². The Hall–Kier alpha value is -2.12. The molecule has 0 fully saturated rings. The van der Waals surface area contributed by atoms with Gasteiger partial charge < -0.3 is 19.9 Å². The average molecular weight is 327 g/mol. The van der Waals surface area contributed by atoms with Gasteiger partial charge in [0.05, 0.1) is 12.1 Å². The number of para-hydroxylation sites is 1. The van der Waals surface area contributed by atoms with Crippen molar-refractivity contribution in [2.75, 3.05) is 19.9 Å². The Morgan fingerprint density at radius 2 is 2.14 bits per heavy atom. The first-order chi connectivity index (χ1) is 10.0. The predicted octanol–water partition coefficient (Wildman–Crippen LogP) is 2.05. The zero-order valence-electron chi connectivity index (χ0n) is 12.6. The molecule has 0 radical (unpaired) electrons. The number of anilines is 1. The highest BCUT2D eigenvalue weighted by molar-refractivity contribution is 5.98. The molecular weight excluding hydrogens is 308 g/mol. The zero-order chi connectivity index (χ0) is 15.4. The van der Waals surface area contributed by atoms with Crippen LogP contribution in [0.5, 0.6) is 0 Å². The van der Waals surface area contributed by atoms with Crippen molar-refractivity contribution in [2.24, 2.45) is 0 Å². The van der Waals surface area contributed by atoms with E-state index in [1.54, 1.807) is 38.4 Å². The van der Waals surface area contributed by atoms with Gasteiger partial charge in [0.15, 0.2) is 5.82 Å². The largest absolute Gasteiger partial charge is 0.398 e. The number of rotatable bonds is 5. The van der Waals surface area contributed by atoms with E-state index in [0.29, 0.717) is 23.0 Å². The Kier molecular flexibility index (Phi) is 6.33. The van der Waals surface area contributed by atoms with Crippen molar-refractivity contribution in [3.05, 3.63) is 41.5 Å². The molecule has 1 aromatic heterocycles. The maximum atomic E-state index is 12.3. The molecular formula is C14H19ClN4O3. The molecule has 22 heavy (non-hydrogen) atoms. The summed E-state index contributed by atoms with van der Waals surface area (Å²) in [5.74, 6) is 0.597. The van der Waals surface area contributed by atoms with Crippen molar-refractivity contribution in [1.82, 2.24) is 15.0 Å². The summed E-state index contributed by atoms with van der Waals surface area (Å²) < 4.78 is 10.2. The van der Waals surface area contributed by atoms with Gasteiger partial charge in [-0.15, -0.1) is 12.4 Å². The third-order valence-electron chi connectivity index (χ3n) is 3.11. The molecule has 0 saturated carbocycles. The van der Waals surface area contributed by atoms with Gasteiger partial charge in [-0.2, -0.15) is 4.98 Å². The minimum Gasteiger partial charge on any atom is -0.398 e. The van der Waals surface area contributed by atoms with E-state index in [4.69, 9.17) is 15.0 Å². The summed E-state index contributed by atoms with van der Waals surface area (Å²) in [6, 6.07) is 6.91. The SMILES string of the molecule is COC(C)c1noc(CN(C)C(=O)c2ccccc2N)n1.Cl. The van der Waals surface area contributed by atoms with Crippen molar-refractivity contribution in [1.29, 1.82) is 0 Å². The Balaban J connectivity index is 0.00000242. The fourth-order valence-electron chi connectivity index (χ4n) is 1.77. The van der Waals surface area contributed by atoms with Gasteiger partial charge in [0, 0.05) is 19.8 Å². The first kappa shape index (κ1) is 17.9. The van der Waals surface area contributed by atoms with Gasteiger partial charge in [0.2, 0.25) is 5.89 Å². The monoisotopic (exact) mass is 326 g/mol. The number of carbonyl (C=O) groups is 1. The van der Waals surface area contributed by atoms with Gasteiger partial charge in [0.25, 0.3) is 5.91 Å². The summed E-state index contributed by atoms with van der Waals surface area (Å²) in [6.07, 6.45) is -0.256. The second-order valence-corrected chi connectivity index (χ2v) is 4.67. The molecule has 0 aliphatic rings. The molecule has 1 atom stereocenters. The summed E-state index contributed by atoms with van der Waals surface area (Å²) in [6.45, 7) is 2.02. The molecule has 2 aromatic rings. The maximum absolute atomic E-state index is 12.3. The van der Waals surface area contributed by atoms with Gasteiger partial charge in [-0.3, -0.25) is 4.79 Å². The van der Waals surface area contributed by atoms with Crippen LogP contribution in [0.25, 0.3) is 0 Å². The highest BCUT2D eigenvalue weighted by atomic mass is 35.5. The van der Waals surface area contributed by atoms with E-state index in [0.717, 1.165) is 0 Å². The molecule has 7 nitrogen and oxygen atoms in total. The summed E-state index contributed by atoms with van der Waals surface area (Å²) >= 11 is 0. The minimum absolute atomic E-state index is 0. The van der Waals surface area contributed by atoms with E-state index in [2.05, 4.69) is 10.1 Å². The maximum Gasteiger partial charge on any atom is 0.256 e. The second-order valence-electron chi connectivity index (χ2n) is 4.67. The molecule has 0 aliphatic heterocycles. The summed E-state index contributed by atoms with van der Waals surface area (Å²) in [7, 11) is 3.22. The van der Waals surface area contributed by atoms with Crippen molar-refractivity contribution < 1.29 is 14.1 Å². The molecule has 8 heteroatoms. The number of methoxy groups -OCH3 is 1. The number of amides is 1. The molecule has 0 saturated heterocycles. The quantitative estimate of drug-likeness (QED) is 0.845. The summed E-state index contributed by atoms with van der Waals surface area (Å²) in [5.41, 5.74) is 6.69. The van der Waals surface area contributed by atoms with E-state index >= 15 is 0 Å². The Bertz CT molecular complexity index is 632. The van der Waals surface area contributed by atoms with Crippen molar-refractivity contribution in [3.63, 3.8) is 0 Å². The number of nitrogen functional groups attached to an aromatic ring is 1. The second kappa shape index (κ2) is 7.77. The zero-order valence-corrected chi connectivity index (χ0v) is 13.5. The van der Waals surface area contributed by atoms with Crippen LogP contribution < -0.4 is 5.73 Å². The average Bonchev–Trinajstić information content (AvgIpc) is 2.94. The standard InChI is InChI=1S/C14H18N4O3.ClH/c1-9(20-3)13-16-12(21-17-13)8-18(2)14(19)10-6-4-5-7-11(10)15;/h4-7,9H,8,15H2,1-3H3;1H. The number of hydrogen-bond acceptors (Lipinski definition) is 6. The van der Waals surface area contributed by atoms with Crippen molar-refractivity contribution in [3.8, 4) is 0 Å². The number of nitrogens with zero attached hydrogens (tertiary/aromatic N) is 3. The molecule has 0 aliphatic carbocycles. The molecule has 0 bridgehead atoms. The van der Waals surface area contributed by atoms with Crippen LogP contribution in [0.1, 0.15) is 35.1 Å². The number of ether oxygens (including phenoxy) is 1. The van der Waals surface area contributed by atoms with E-state index < -0.39 is 0 Å². The molecule has 120 valence electrons. The number of hydrogen-bond donors (Lipinski definition) is 1. The van der Waals surface area contributed by atoms with Crippen LogP contribution in [-0.4, -0.2) is 35.1 Å². The molecule has 1 unspecified atom stereocenters. The number of benzene rings is 1. The number of aromatic nitrogens is 2. The highest BCUT2D eigenvalue weighted by Crippen LogP contribution is 2.15. The number of halogens is 1. The van der Waals surface area contributed by atoms with Gasteiger partial charge in [0.1, 0.15) is 6.10 Å². The normalized spacial score (nSPS) is 11.6. The van der Waals surface area contributed by atoms with Crippen LogP contribution in [-0.2, 0) is 11.3 Å². The summed E-state index contributed by atoms with van der Waals surface area (Å²) in [5, 5.41) is 3.82. The topological polar surface area (TPSA) is 94.5 Å². The lowest BCUT2D eigenvalue weighted by atomic mass is 10.1. The van der Waals surface area contributed by atoms with Crippen LogP contribution in [0, 0.1) is 0 Å². The van der Waals surface area contributed by atoms with E-state index in [1.165, 1.54) is 4.90 Å². The van der Waals surface area contributed by atoms with Gasteiger partial charge in [-0.1, -0.05) is 17.3 Å². The van der Waals surface area contributed by atoms with Gasteiger partial charge in [-0.25, -0.2) is 0 Å². The van der Waals surface area contributed by atoms with Gasteiger partial charge in [-0.05, 0) is 19.1 Å². The third kappa shape index (κ3) is 3.96. The highest BCUT2D eigenvalue weighted by Gasteiger charge is 2.18. The lowest BCUT2D eigenvalue weighted by Gasteiger charge is -2.15. The fraction of sp³-hybridized carbons (Fsp3) is 0.357. The lowest BCUT2D eigenvalue weighted by Crippen LogP contribution is -2.27. The minimum atomic E-state index is -0.256. The first-order valence-electron chi connectivity index (χ1n) is 6.48. The van der Waals surface area contributed by atoms with Crippen molar-refractivity contribution >= 4 is 24.0 Å². The van der Waals surface area contributed by atoms with Crippen molar-refractivity contribution in [2.45, 2.75) is 19.6 Å². The summed E-state index contributed by atoms with van der Waals surface area (Å²) in [4.78, 5) is 18.0. The van der Waals surface area contributed by atoms with Crippen LogP contribution in [0.4, 0.5) is 5.69 Å². The first-order valence-corrected chi connectivity index (χ1v) is 6.48. The van der Waals surface area contributed by atoms with Crippen LogP contribution in [0.2, 0.25) is 0 Å². The van der Waals surface area contributed by atoms with Gasteiger partial charge >= 0.3 is 0 Å². The Morgan fingerprint density at radius 1 is 1.45 bits per heavy atom. The number of carbonyl (C=O) groups excluding carboxylic acids is 1. The molecule has 0 spiro atoms. The number of nitrogens with two attached hydrogens (primary N) is 1. The Morgan fingerprint density at radius 3 is 2.77 bits per heavy atom. The fourth-order valence-corrected chi connectivity index (χ4v) is 1.77. The van der Waals surface area contributed by atoms with Crippen LogP contribution in [0.15, 0.2) is 28.8 Å². The molecule has 1 aromatic carbocycles. The lowest BCUT2D eigenvalue weighted by molar-refractivity contribution is 0.0770. The molecule has 1 amide bonds. The third-order valence-corrected chi connectivity index (χ3v) is 3.11. The molecule has 2 N–H and O–H groups in total. The Labute approximate surface area is 134 Å².